The van der Waals surface area contributed by atoms with Crippen LogP contribution in [0.4, 0.5) is 4.79 Å². The first kappa shape index (κ1) is 19.6. The maximum absolute atomic E-state index is 12.7. The van der Waals surface area contributed by atoms with Crippen molar-refractivity contribution in [2.45, 2.75) is 33.2 Å². The number of unbranched alkanes of at least 4 members (excludes halogenated alkanes) is 1. The number of aromatic nitrogens is 2. The molecule has 1 fully saturated rings. The van der Waals surface area contributed by atoms with E-state index in [4.69, 9.17) is 0 Å². The van der Waals surface area contributed by atoms with Gasteiger partial charge in [-0.2, -0.15) is 0 Å². The molecule has 0 spiro atoms. The summed E-state index contributed by atoms with van der Waals surface area (Å²) in [4.78, 5) is 54.7. The Hall–Kier alpha value is -2.20. The van der Waals surface area contributed by atoms with Gasteiger partial charge in [0.15, 0.2) is 0 Å². The van der Waals surface area contributed by atoms with Crippen LogP contribution >= 0.6 is 23.1 Å². The van der Waals surface area contributed by atoms with Gasteiger partial charge in [0, 0.05) is 19.6 Å². The molecule has 1 aliphatic heterocycles. The molecule has 3 heterocycles. The van der Waals surface area contributed by atoms with E-state index in [2.05, 4.69) is 17.2 Å². The zero-order valence-electron chi connectivity index (χ0n) is 15.1. The van der Waals surface area contributed by atoms with Gasteiger partial charge in [-0.25, -0.2) is 4.98 Å². The molecule has 0 saturated carbocycles. The van der Waals surface area contributed by atoms with Gasteiger partial charge in [0.05, 0.1) is 22.3 Å². The van der Waals surface area contributed by atoms with Crippen LogP contribution in [-0.4, -0.2) is 50.3 Å². The summed E-state index contributed by atoms with van der Waals surface area (Å²) in [6.45, 7) is 4.70. The lowest BCUT2D eigenvalue weighted by Gasteiger charge is -2.12. The van der Waals surface area contributed by atoms with Crippen molar-refractivity contribution < 1.29 is 14.4 Å². The molecule has 0 atom stereocenters. The predicted molar refractivity (Wildman–Crippen MR) is 105 cm³/mol. The average Bonchev–Trinajstić information content (AvgIpc) is 3.15. The Labute approximate surface area is 163 Å². The van der Waals surface area contributed by atoms with E-state index in [0.717, 1.165) is 29.5 Å². The lowest BCUT2D eigenvalue weighted by atomic mass is 10.2. The van der Waals surface area contributed by atoms with Gasteiger partial charge in [-0.1, -0.05) is 25.1 Å². The highest BCUT2D eigenvalue weighted by molar-refractivity contribution is 8.14. The molecule has 0 radical (unpaired) electrons. The summed E-state index contributed by atoms with van der Waals surface area (Å²) < 4.78 is 1.58. The summed E-state index contributed by atoms with van der Waals surface area (Å²) in [6.07, 6.45) is 3.39. The summed E-state index contributed by atoms with van der Waals surface area (Å²) in [5.74, 6) is -0.422. The number of fused-ring (bicyclic) bond motifs is 1. The molecule has 27 heavy (non-hydrogen) atoms. The summed E-state index contributed by atoms with van der Waals surface area (Å²) in [5, 5.41) is 2.91. The van der Waals surface area contributed by atoms with Gasteiger partial charge in [-0.3, -0.25) is 28.6 Å². The van der Waals surface area contributed by atoms with Crippen molar-refractivity contribution in [2.24, 2.45) is 0 Å². The van der Waals surface area contributed by atoms with Gasteiger partial charge in [0.1, 0.15) is 4.83 Å². The van der Waals surface area contributed by atoms with Crippen LogP contribution in [0.25, 0.3) is 10.2 Å². The topological polar surface area (TPSA) is 101 Å². The van der Waals surface area contributed by atoms with E-state index in [9.17, 15) is 19.2 Å². The number of amides is 3. The van der Waals surface area contributed by atoms with Crippen molar-refractivity contribution in [3.8, 4) is 0 Å². The number of nitrogens with zero attached hydrogens (tertiary/aromatic N) is 3. The molecule has 0 aliphatic carbocycles. The summed E-state index contributed by atoms with van der Waals surface area (Å²) in [7, 11) is 0. The van der Waals surface area contributed by atoms with Crippen LogP contribution in [0.5, 0.6) is 0 Å². The van der Waals surface area contributed by atoms with E-state index in [1.54, 1.807) is 11.5 Å². The number of carbonyl (C=O) groups is 3. The Morgan fingerprint density at radius 3 is 2.74 bits per heavy atom. The second kappa shape index (κ2) is 8.22. The molecule has 3 amide bonds. The van der Waals surface area contributed by atoms with E-state index < -0.39 is 0 Å². The number of hydrogen-bond donors (Lipinski definition) is 1. The first-order valence-electron chi connectivity index (χ1n) is 8.68. The Morgan fingerprint density at radius 1 is 1.30 bits per heavy atom. The van der Waals surface area contributed by atoms with Crippen LogP contribution < -0.4 is 10.9 Å². The number of aryl methyl sites for hydroxylation is 2. The molecule has 2 aromatic heterocycles. The van der Waals surface area contributed by atoms with E-state index in [-0.39, 0.29) is 41.5 Å². The Balaban J connectivity index is 1.74. The molecule has 1 N–H and O–H groups in total. The molecular formula is C17H20N4O4S2. The van der Waals surface area contributed by atoms with Crippen LogP contribution in [0.15, 0.2) is 11.1 Å². The fourth-order valence-electron chi connectivity index (χ4n) is 2.82. The fraction of sp³-hybridized carbons (Fsp3) is 0.471. The molecule has 1 saturated heterocycles. The molecule has 0 bridgehead atoms. The summed E-state index contributed by atoms with van der Waals surface area (Å²) in [5.41, 5.74) is 0.478. The number of rotatable bonds is 7. The molecule has 8 nitrogen and oxygen atoms in total. The number of nitrogens with one attached hydrogen (secondary N) is 1. The lowest BCUT2D eigenvalue weighted by Crippen LogP contribution is -2.37. The summed E-state index contributed by atoms with van der Waals surface area (Å²) >= 11 is 2.14. The molecule has 2 aromatic rings. The molecule has 10 heteroatoms. The van der Waals surface area contributed by atoms with Crippen molar-refractivity contribution in [1.82, 2.24) is 19.8 Å². The van der Waals surface area contributed by atoms with Crippen molar-refractivity contribution >= 4 is 50.4 Å². The second-order valence-electron chi connectivity index (χ2n) is 6.19. The number of carbonyl (C=O) groups excluding carboxylic acids is 3. The fourth-order valence-corrected chi connectivity index (χ4v) is 4.63. The molecular weight excluding hydrogens is 388 g/mol. The van der Waals surface area contributed by atoms with E-state index in [1.807, 2.05) is 0 Å². The quantitative estimate of drug-likeness (QED) is 0.752. The van der Waals surface area contributed by atoms with E-state index in [1.165, 1.54) is 17.7 Å². The molecule has 144 valence electrons. The standard InChI is InChI=1S/C17H20N4O4S2/c1-3-4-6-20-9-19-15-12(16(20)24)10(2)13(27-15)14(23)18-5-7-21-11(22)8-26-17(21)25/h9H,3-8H2,1-2H3,(H,18,23). The van der Waals surface area contributed by atoms with Crippen molar-refractivity contribution in [2.75, 3.05) is 18.8 Å². The largest absolute Gasteiger partial charge is 0.350 e. The molecule has 0 unspecified atom stereocenters. The van der Waals surface area contributed by atoms with Gasteiger partial charge >= 0.3 is 0 Å². The van der Waals surface area contributed by atoms with Crippen LogP contribution in [0.3, 0.4) is 0 Å². The van der Waals surface area contributed by atoms with Crippen LogP contribution in [0.2, 0.25) is 0 Å². The first-order valence-corrected chi connectivity index (χ1v) is 10.5. The number of thiophene rings is 1. The van der Waals surface area contributed by atoms with Crippen LogP contribution in [0, 0.1) is 6.92 Å². The maximum Gasteiger partial charge on any atom is 0.288 e. The third-order valence-electron chi connectivity index (χ3n) is 4.34. The van der Waals surface area contributed by atoms with Gasteiger partial charge in [0.2, 0.25) is 5.91 Å². The van der Waals surface area contributed by atoms with Crippen LogP contribution in [-0.2, 0) is 11.3 Å². The van der Waals surface area contributed by atoms with Crippen molar-refractivity contribution in [3.63, 3.8) is 0 Å². The predicted octanol–water partition coefficient (Wildman–Crippen LogP) is 1.99. The van der Waals surface area contributed by atoms with Crippen molar-refractivity contribution in [1.29, 1.82) is 0 Å². The smallest absolute Gasteiger partial charge is 0.288 e. The van der Waals surface area contributed by atoms with Gasteiger partial charge in [-0.05, 0) is 18.9 Å². The SMILES string of the molecule is CCCCn1cnc2sc(C(=O)NCCN3C(=O)CSC3=O)c(C)c2c1=O. The lowest BCUT2D eigenvalue weighted by molar-refractivity contribution is -0.124. The normalized spacial score (nSPS) is 14.4. The molecule has 1 aliphatic rings. The number of hydrogen-bond acceptors (Lipinski definition) is 7. The van der Waals surface area contributed by atoms with Crippen molar-refractivity contribution in [3.05, 3.63) is 27.1 Å². The molecule has 0 aromatic carbocycles. The zero-order chi connectivity index (χ0) is 19.6. The second-order valence-corrected chi connectivity index (χ2v) is 8.11. The van der Waals surface area contributed by atoms with Crippen LogP contribution in [0.1, 0.15) is 35.0 Å². The number of imide groups is 1. The maximum atomic E-state index is 12.7. The average molecular weight is 409 g/mol. The van der Waals surface area contributed by atoms with Gasteiger partial charge in [-0.15, -0.1) is 11.3 Å². The zero-order valence-corrected chi connectivity index (χ0v) is 16.7. The third kappa shape index (κ3) is 3.91. The third-order valence-corrected chi connectivity index (χ3v) is 6.39. The highest BCUT2D eigenvalue weighted by Gasteiger charge is 2.29. The first-order chi connectivity index (χ1) is 12.9. The minimum absolute atomic E-state index is 0.133. The molecule has 3 rings (SSSR count). The monoisotopic (exact) mass is 408 g/mol. The van der Waals surface area contributed by atoms with E-state index in [0.29, 0.717) is 27.2 Å². The highest BCUT2D eigenvalue weighted by atomic mass is 32.2. The Morgan fingerprint density at radius 2 is 2.07 bits per heavy atom. The number of thioether (sulfide) groups is 1. The minimum Gasteiger partial charge on any atom is -0.350 e. The highest BCUT2D eigenvalue weighted by Crippen LogP contribution is 2.26. The van der Waals surface area contributed by atoms with Gasteiger partial charge < -0.3 is 5.32 Å². The summed E-state index contributed by atoms with van der Waals surface area (Å²) in [6, 6.07) is 0. The minimum atomic E-state index is -0.332. The van der Waals surface area contributed by atoms with E-state index >= 15 is 0 Å². The Bertz CT molecular complexity index is 950. The van der Waals surface area contributed by atoms with Gasteiger partial charge in [0.25, 0.3) is 16.7 Å². The Kier molecular flexibility index (Phi) is 5.95.